The molecule has 0 radical (unpaired) electrons. The number of nitrogens with zero attached hydrogens (tertiary/aromatic N) is 1. The third-order valence-electron chi connectivity index (χ3n) is 6.32. The summed E-state index contributed by atoms with van der Waals surface area (Å²) in [5.74, 6) is 1.56. The molecule has 0 saturated carbocycles. The van der Waals surface area contributed by atoms with Crippen LogP contribution in [0.2, 0.25) is 5.02 Å². The minimum atomic E-state index is -1.30. The average molecular weight is 510 g/mol. The fraction of sp³-hybridized carbons (Fsp3) is 0.286. The number of para-hydroxylation sites is 1. The highest BCUT2D eigenvalue weighted by atomic mass is 35.5. The number of rotatable bonds is 8. The zero-order valence-electron chi connectivity index (χ0n) is 19.5. The molecule has 1 saturated heterocycles. The Bertz CT molecular complexity index is 1290. The first-order valence-corrected chi connectivity index (χ1v) is 12.2. The van der Waals surface area contributed by atoms with Crippen molar-refractivity contribution in [2.75, 3.05) is 19.8 Å². The molecular weight excluding hydrogens is 482 g/mol. The first kappa shape index (κ1) is 24.6. The Morgan fingerprint density at radius 3 is 2.25 bits per heavy atom. The second-order valence-electron chi connectivity index (χ2n) is 8.80. The number of hydrogen-bond acceptors (Lipinski definition) is 6. The predicted octanol–water partition coefficient (Wildman–Crippen LogP) is 3.95. The Labute approximate surface area is 214 Å². The molecule has 0 spiro atoms. The van der Waals surface area contributed by atoms with Crippen LogP contribution in [-0.4, -0.2) is 58.0 Å². The lowest BCUT2D eigenvalue weighted by Gasteiger charge is -2.36. The topological polar surface area (TPSA) is 93.3 Å². The number of fused-ring (bicyclic) bond motifs is 1. The van der Waals surface area contributed by atoms with E-state index in [1.807, 2.05) is 79.0 Å². The maximum absolute atomic E-state index is 10.6. The summed E-state index contributed by atoms with van der Waals surface area (Å²) >= 11 is 6.57. The molecule has 1 aromatic heterocycles. The fourth-order valence-electron chi connectivity index (χ4n) is 4.49. The van der Waals surface area contributed by atoms with Gasteiger partial charge < -0.3 is 34.1 Å². The Morgan fingerprint density at radius 1 is 0.833 bits per heavy atom. The van der Waals surface area contributed by atoms with E-state index >= 15 is 0 Å². The average Bonchev–Trinajstić information content (AvgIpc) is 3.26. The molecule has 0 bridgehead atoms. The third-order valence-corrected chi connectivity index (χ3v) is 6.63. The van der Waals surface area contributed by atoms with Gasteiger partial charge in [-0.3, -0.25) is 0 Å². The van der Waals surface area contributed by atoms with Crippen molar-refractivity contribution in [3.63, 3.8) is 0 Å². The minimum Gasteiger partial charge on any atom is -0.490 e. The summed E-state index contributed by atoms with van der Waals surface area (Å²) in [4.78, 5) is 0. The van der Waals surface area contributed by atoms with Crippen LogP contribution >= 0.6 is 11.6 Å². The lowest BCUT2D eigenvalue weighted by atomic mass is 10.0. The molecule has 0 amide bonds. The SMILES string of the molecule is O[C@@H]1[C@@H](O)[C@H](n2cc(Cc3ccc(OCCOc4ccccc4)cc3)c3c(Cl)cccc32)OC[C@H]1O. The molecule has 3 aromatic carbocycles. The number of hydrogen-bond donors (Lipinski definition) is 3. The minimum absolute atomic E-state index is 0.0731. The molecule has 5 rings (SSSR count). The summed E-state index contributed by atoms with van der Waals surface area (Å²) in [6.45, 7) is 0.808. The normalized spacial score (nSPS) is 22.0. The van der Waals surface area contributed by atoms with Crippen LogP contribution in [0.15, 0.2) is 79.0 Å². The largest absolute Gasteiger partial charge is 0.490 e. The van der Waals surface area contributed by atoms with Gasteiger partial charge in [-0.1, -0.05) is 48.0 Å². The van der Waals surface area contributed by atoms with Crippen LogP contribution in [-0.2, 0) is 11.2 Å². The molecule has 1 fully saturated rings. The monoisotopic (exact) mass is 509 g/mol. The lowest BCUT2D eigenvalue weighted by Crippen LogP contribution is -2.50. The fourth-order valence-corrected chi connectivity index (χ4v) is 4.78. The smallest absolute Gasteiger partial charge is 0.162 e. The Balaban J connectivity index is 1.29. The number of ether oxygens (including phenoxy) is 3. The van der Waals surface area contributed by atoms with Gasteiger partial charge in [0.25, 0.3) is 0 Å². The second-order valence-corrected chi connectivity index (χ2v) is 9.21. The molecular formula is C28H28ClNO6. The van der Waals surface area contributed by atoms with Crippen molar-refractivity contribution >= 4 is 22.5 Å². The van der Waals surface area contributed by atoms with Crippen molar-refractivity contribution in [3.05, 3.63) is 95.1 Å². The maximum Gasteiger partial charge on any atom is 0.162 e. The van der Waals surface area contributed by atoms with Crippen LogP contribution < -0.4 is 9.47 Å². The van der Waals surface area contributed by atoms with E-state index in [0.29, 0.717) is 24.7 Å². The zero-order valence-corrected chi connectivity index (χ0v) is 20.3. The molecule has 4 atom stereocenters. The quantitative estimate of drug-likeness (QED) is 0.311. The molecule has 2 heterocycles. The molecule has 7 nitrogen and oxygen atoms in total. The number of halogens is 1. The Hall–Kier alpha value is -3.07. The molecule has 36 heavy (non-hydrogen) atoms. The van der Waals surface area contributed by atoms with Gasteiger partial charge >= 0.3 is 0 Å². The Morgan fingerprint density at radius 2 is 1.53 bits per heavy atom. The van der Waals surface area contributed by atoms with Crippen molar-refractivity contribution < 1.29 is 29.5 Å². The zero-order chi connectivity index (χ0) is 25.1. The maximum atomic E-state index is 10.6. The van der Waals surface area contributed by atoms with Crippen LogP contribution in [0.5, 0.6) is 11.5 Å². The van der Waals surface area contributed by atoms with E-state index in [2.05, 4.69) is 0 Å². The highest BCUT2D eigenvalue weighted by Gasteiger charge is 2.39. The van der Waals surface area contributed by atoms with Gasteiger partial charge in [0.05, 0.1) is 17.1 Å². The van der Waals surface area contributed by atoms with Gasteiger partial charge in [-0.05, 0) is 53.9 Å². The van der Waals surface area contributed by atoms with E-state index in [1.165, 1.54) is 0 Å². The molecule has 188 valence electrons. The van der Waals surface area contributed by atoms with Crippen LogP contribution in [0.3, 0.4) is 0 Å². The predicted molar refractivity (Wildman–Crippen MR) is 137 cm³/mol. The van der Waals surface area contributed by atoms with Crippen LogP contribution in [0.1, 0.15) is 17.4 Å². The summed E-state index contributed by atoms with van der Waals surface area (Å²) in [6, 6.07) is 23.0. The van der Waals surface area contributed by atoms with E-state index in [1.54, 1.807) is 4.57 Å². The number of aliphatic hydroxyl groups excluding tert-OH is 3. The van der Waals surface area contributed by atoms with Gasteiger partial charge in [0.15, 0.2) is 6.23 Å². The summed E-state index contributed by atoms with van der Waals surface area (Å²) in [7, 11) is 0. The molecule has 4 aromatic rings. The first-order chi connectivity index (χ1) is 17.5. The number of benzene rings is 3. The van der Waals surface area contributed by atoms with E-state index in [9.17, 15) is 15.3 Å². The lowest BCUT2D eigenvalue weighted by molar-refractivity contribution is -0.209. The second kappa shape index (κ2) is 10.9. The van der Waals surface area contributed by atoms with E-state index < -0.39 is 24.5 Å². The highest BCUT2D eigenvalue weighted by molar-refractivity contribution is 6.35. The van der Waals surface area contributed by atoms with E-state index in [4.69, 9.17) is 25.8 Å². The highest BCUT2D eigenvalue weighted by Crippen LogP contribution is 2.35. The van der Waals surface area contributed by atoms with E-state index in [-0.39, 0.29) is 6.61 Å². The Kier molecular flexibility index (Phi) is 7.46. The molecule has 1 aliphatic rings. The van der Waals surface area contributed by atoms with Crippen LogP contribution in [0.4, 0.5) is 0 Å². The van der Waals surface area contributed by atoms with Crippen LogP contribution in [0, 0.1) is 0 Å². The summed E-state index contributed by atoms with van der Waals surface area (Å²) < 4.78 is 18.9. The van der Waals surface area contributed by atoms with Gasteiger partial charge in [-0.15, -0.1) is 0 Å². The number of aliphatic hydroxyl groups is 3. The van der Waals surface area contributed by atoms with Crippen molar-refractivity contribution in [2.45, 2.75) is 31.0 Å². The van der Waals surface area contributed by atoms with Crippen molar-refractivity contribution in [2.24, 2.45) is 0 Å². The number of aromatic nitrogens is 1. The van der Waals surface area contributed by atoms with Gasteiger partial charge in [0.1, 0.15) is 43.0 Å². The molecule has 8 heteroatoms. The summed E-state index contributed by atoms with van der Waals surface area (Å²) in [5, 5.41) is 32.0. The molecule has 0 unspecified atom stereocenters. The van der Waals surface area contributed by atoms with Gasteiger partial charge in [-0.2, -0.15) is 0 Å². The molecule has 3 N–H and O–H groups in total. The van der Waals surface area contributed by atoms with Crippen LogP contribution in [0.25, 0.3) is 10.9 Å². The standard InChI is InChI=1S/C28H28ClNO6/c29-22-7-4-8-23-25(22)19(16-30(23)28-27(33)26(32)24(31)17-36-28)15-18-9-11-21(12-10-18)35-14-13-34-20-5-2-1-3-6-20/h1-12,16,24,26-28,31-33H,13-15,17H2/t24-,26+,27-,28-/m1/s1. The first-order valence-electron chi connectivity index (χ1n) is 11.8. The molecule has 1 aliphatic heterocycles. The van der Waals surface area contributed by atoms with Crippen molar-refractivity contribution in [1.29, 1.82) is 0 Å². The van der Waals surface area contributed by atoms with Gasteiger partial charge in [0.2, 0.25) is 0 Å². The summed E-state index contributed by atoms with van der Waals surface area (Å²) in [5.41, 5.74) is 2.79. The van der Waals surface area contributed by atoms with Gasteiger partial charge in [-0.25, -0.2) is 0 Å². The molecule has 0 aliphatic carbocycles. The van der Waals surface area contributed by atoms with E-state index in [0.717, 1.165) is 33.5 Å². The van der Waals surface area contributed by atoms with Crippen molar-refractivity contribution in [3.8, 4) is 11.5 Å². The third kappa shape index (κ3) is 5.21. The van der Waals surface area contributed by atoms with Gasteiger partial charge in [0, 0.05) is 11.6 Å². The van der Waals surface area contributed by atoms with Crippen molar-refractivity contribution in [1.82, 2.24) is 4.57 Å². The summed E-state index contributed by atoms with van der Waals surface area (Å²) in [6.07, 6.45) is -2.06.